The van der Waals surface area contributed by atoms with Crippen LogP contribution in [-0.4, -0.2) is 37.9 Å². The van der Waals surface area contributed by atoms with Crippen LogP contribution in [0.4, 0.5) is 5.69 Å². The van der Waals surface area contributed by atoms with Crippen LogP contribution in [0.2, 0.25) is 0 Å². The number of hydrogen-bond donors (Lipinski definition) is 1. The largest absolute Gasteiger partial charge is 0.355 e. The van der Waals surface area contributed by atoms with Gasteiger partial charge in [-0.1, -0.05) is 45.0 Å². The van der Waals surface area contributed by atoms with Gasteiger partial charge in [-0.2, -0.15) is 11.8 Å². The van der Waals surface area contributed by atoms with Crippen LogP contribution >= 0.6 is 11.8 Å². The van der Waals surface area contributed by atoms with Gasteiger partial charge in [0.05, 0.1) is 10.6 Å². The number of nitrogens with one attached hydrogen (secondary N) is 1. The average molecular weight is 407 g/mol. The van der Waals surface area contributed by atoms with Gasteiger partial charge in [-0.3, -0.25) is 9.10 Å². The molecule has 0 radical (unpaired) electrons. The molecule has 0 unspecified atom stereocenters. The maximum absolute atomic E-state index is 12.9. The Labute approximate surface area is 165 Å². The maximum atomic E-state index is 12.9. The topological polar surface area (TPSA) is 66.5 Å². The number of hydrogen-bond acceptors (Lipinski definition) is 4. The molecule has 0 saturated heterocycles. The highest BCUT2D eigenvalue weighted by Gasteiger charge is 2.34. The molecule has 0 fully saturated rings. The maximum Gasteiger partial charge on any atom is 0.265 e. The van der Waals surface area contributed by atoms with Gasteiger partial charge in [0, 0.05) is 35.4 Å². The lowest BCUT2D eigenvalue weighted by Gasteiger charge is -2.19. The molecule has 1 amide bonds. The summed E-state index contributed by atoms with van der Waals surface area (Å²) < 4.78 is 27.4. The molecular weight excluding hydrogens is 380 g/mol. The molecule has 1 N–H and O–H groups in total. The zero-order valence-electron chi connectivity index (χ0n) is 16.0. The predicted molar refractivity (Wildman–Crippen MR) is 113 cm³/mol. The number of thioether (sulfide) groups is 1. The molecule has 7 heteroatoms. The lowest BCUT2D eigenvalue weighted by Crippen LogP contribution is -2.30. The summed E-state index contributed by atoms with van der Waals surface area (Å²) in [6.07, 6.45) is 0.806. The second-order valence-corrected chi connectivity index (χ2v) is 11.4. The Morgan fingerprint density at radius 2 is 1.85 bits per heavy atom. The Morgan fingerprint density at radius 3 is 2.56 bits per heavy atom. The molecule has 5 nitrogen and oxygen atoms in total. The first-order valence-electron chi connectivity index (χ1n) is 9.15. The minimum atomic E-state index is -3.54. The van der Waals surface area contributed by atoms with E-state index in [1.54, 1.807) is 12.1 Å². The molecule has 0 saturated carbocycles. The van der Waals surface area contributed by atoms with E-state index in [4.69, 9.17) is 0 Å². The number of carbonyl (C=O) groups is 1. The zero-order chi connectivity index (χ0) is 19.7. The van der Waals surface area contributed by atoms with Crippen LogP contribution in [0.15, 0.2) is 41.3 Å². The molecule has 2 aromatic carbocycles. The Hall–Kier alpha value is -1.73. The summed E-state index contributed by atoms with van der Waals surface area (Å²) in [4.78, 5) is 12.4. The summed E-state index contributed by atoms with van der Waals surface area (Å²) in [7, 11) is -3.54. The van der Waals surface area contributed by atoms with Crippen LogP contribution in [0.5, 0.6) is 0 Å². The van der Waals surface area contributed by atoms with E-state index < -0.39 is 10.0 Å². The quantitative estimate of drug-likeness (QED) is 0.711. The molecule has 2 aromatic rings. The van der Waals surface area contributed by atoms with Crippen molar-refractivity contribution in [3.63, 3.8) is 0 Å². The van der Waals surface area contributed by atoms with Gasteiger partial charge >= 0.3 is 0 Å². The SMILES string of the molecule is CC(C)(C)SCCNC(=O)CCCN1c2cccc3cccc(c23)S1(=O)=O. The number of amides is 1. The van der Waals surface area contributed by atoms with Crippen LogP contribution < -0.4 is 9.62 Å². The normalized spacial score (nSPS) is 15.3. The van der Waals surface area contributed by atoms with Crippen LogP contribution in [0.1, 0.15) is 33.6 Å². The summed E-state index contributed by atoms with van der Waals surface area (Å²) in [5, 5.41) is 4.61. The van der Waals surface area contributed by atoms with Gasteiger partial charge in [0.15, 0.2) is 0 Å². The molecule has 3 rings (SSSR count). The van der Waals surface area contributed by atoms with Crippen molar-refractivity contribution in [2.45, 2.75) is 43.3 Å². The van der Waals surface area contributed by atoms with Gasteiger partial charge in [0.2, 0.25) is 5.91 Å². The molecule has 1 heterocycles. The summed E-state index contributed by atoms with van der Waals surface area (Å²) in [6, 6.07) is 11.0. The number of carbonyl (C=O) groups excluding carboxylic acids is 1. The molecule has 0 bridgehead atoms. The van der Waals surface area contributed by atoms with E-state index in [1.807, 2.05) is 36.0 Å². The van der Waals surface area contributed by atoms with E-state index in [9.17, 15) is 13.2 Å². The van der Waals surface area contributed by atoms with E-state index in [-0.39, 0.29) is 10.7 Å². The smallest absolute Gasteiger partial charge is 0.265 e. The van der Waals surface area contributed by atoms with Gasteiger partial charge in [-0.15, -0.1) is 0 Å². The van der Waals surface area contributed by atoms with Crippen molar-refractivity contribution < 1.29 is 13.2 Å². The number of benzene rings is 2. The Kier molecular flexibility index (Phi) is 5.72. The van der Waals surface area contributed by atoms with Gasteiger partial charge in [-0.25, -0.2) is 8.42 Å². The van der Waals surface area contributed by atoms with E-state index in [2.05, 4.69) is 26.1 Å². The minimum Gasteiger partial charge on any atom is -0.355 e. The van der Waals surface area contributed by atoms with Crippen LogP contribution in [0, 0.1) is 0 Å². The number of nitrogens with zero attached hydrogens (tertiary/aromatic N) is 1. The van der Waals surface area contributed by atoms with Crippen molar-refractivity contribution >= 4 is 44.2 Å². The molecule has 0 aromatic heterocycles. The lowest BCUT2D eigenvalue weighted by atomic mass is 10.1. The number of anilines is 1. The first-order chi connectivity index (χ1) is 12.7. The average Bonchev–Trinajstić information content (AvgIpc) is 2.81. The van der Waals surface area contributed by atoms with Crippen molar-refractivity contribution in [3.8, 4) is 0 Å². The second kappa shape index (κ2) is 7.72. The molecule has 27 heavy (non-hydrogen) atoms. The molecule has 1 aliphatic rings. The fraction of sp³-hybridized carbons (Fsp3) is 0.450. The molecular formula is C20H26N2O3S2. The monoisotopic (exact) mass is 406 g/mol. The third kappa shape index (κ3) is 4.41. The molecule has 146 valence electrons. The third-order valence-electron chi connectivity index (χ3n) is 4.41. The van der Waals surface area contributed by atoms with Crippen molar-refractivity contribution in [1.82, 2.24) is 5.32 Å². The standard InChI is InChI=1S/C20H26N2O3S2/c1-20(2,3)26-14-12-21-18(23)11-6-13-22-16-9-4-7-15-8-5-10-17(19(15)16)27(22,24)25/h4-5,7-10H,6,11-14H2,1-3H3,(H,21,23). The van der Waals surface area contributed by atoms with Crippen molar-refractivity contribution in [2.24, 2.45) is 0 Å². The number of rotatable bonds is 7. The summed E-state index contributed by atoms with van der Waals surface area (Å²) in [5.74, 6) is 0.837. The first-order valence-corrected chi connectivity index (χ1v) is 11.6. The molecule has 0 aliphatic carbocycles. The Bertz CT molecular complexity index is 944. The van der Waals surface area contributed by atoms with Crippen LogP contribution in [0.3, 0.4) is 0 Å². The molecule has 1 aliphatic heterocycles. The van der Waals surface area contributed by atoms with Gasteiger partial charge < -0.3 is 5.32 Å². The van der Waals surface area contributed by atoms with Crippen molar-refractivity contribution in [2.75, 3.05) is 23.1 Å². The van der Waals surface area contributed by atoms with E-state index >= 15 is 0 Å². The lowest BCUT2D eigenvalue weighted by molar-refractivity contribution is -0.121. The van der Waals surface area contributed by atoms with Gasteiger partial charge in [0.1, 0.15) is 0 Å². The second-order valence-electron chi connectivity index (χ2n) is 7.62. The molecule has 0 spiro atoms. The summed E-state index contributed by atoms with van der Waals surface area (Å²) in [5.41, 5.74) is 0.713. The summed E-state index contributed by atoms with van der Waals surface area (Å²) in [6.45, 7) is 7.38. The minimum absolute atomic E-state index is 0.0307. The molecule has 0 atom stereocenters. The van der Waals surface area contributed by atoms with Crippen molar-refractivity contribution in [3.05, 3.63) is 36.4 Å². The Balaban J connectivity index is 1.57. The highest BCUT2D eigenvalue weighted by atomic mass is 32.2. The predicted octanol–water partition coefficient (Wildman–Crippen LogP) is 3.78. The summed E-state index contributed by atoms with van der Waals surface area (Å²) >= 11 is 1.81. The third-order valence-corrected chi connectivity index (χ3v) is 7.54. The van der Waals surface area contributed by atoms with E-state index in [1.165, 1.54) is 4.31 Å². The zero-order valence-corrected chi connectivity index (χ0v) is 17.6. The highest BCUT2D eigenvalue weighted by molar-refractivity contribution is 8.00. The van der Waals surface area contributed by atoms with Gasteiger partial charge in [-0.05, 0) is 23.9 Å². The number of sulfonamides is 1. The van der Waals surface area contributed by atoms with E-state index in [0.717, 1.165) is 16.5 Å². The fourth-order valence-corrected chi connectivity index (χ4v) is 5.78. The van der Waals surface area contributed by atoms with Crippen LogP contribution in [-0.2, 0) is 14.8 Å². The van der Waals surface area contributed by atoms with Crippen LogP contribution in [0.25, 0.3) is 10.8 Å². The first kappa shape index (κ1) is 20.0. The highest BCUT2D eigenvalue weighted by Crippen LogP contribution is 2.41. The Morgan fingerprint density at radius 1 is 1.15 bits per heavy atom. The fourth-order valence-electron chi connectivity index (χ4n) is 3.22. The van der Waals surface area contributed by atoms with E-state index in [0.29, 0.717) is 36.5 Å². The van der Waals surface area contributed by atoms with Gasteiger partial charge in [0.25, 0.3) is 10.0 Å². The van der Waals surface area contributed by atoms with Crippen molar-refractivity contribution in [1.29, 1.82) is 0 Å².